The average Bonchev–Trinajstić information content (AvgIpc) is 2.28. The molecule has 0 fully saturated rings. The average molecular weight is 254 g/mol. The molecule has 96 valence electrons. The zero-order valence-electron chi connectivity index (χ0n) is 11.3. The van der Waals surface area contributed by atoms with Crippen molar-refractivity contribution in [3.63, 3.8) is 0 Å². The van der Waals surface area contributed by atoms with Gasteiger partial charge < -0.3 is 5.32 Å². The van der Waals surface area contributed by atoms with E-state index in [1.165, 1.54) is 12.0 Å². The molecule has 1 nitrogen and oxygen atoms in total. The van der Waals surface area contributed by atoms with E-state index >= 15 is 0 Å². The van der Waals surface area contributed by atoms with E-state index in [1.54, 1.807) is 0 Å². The monoisotopic (exact) mass is 253 g/mol. The van der Waals surface area contributed by atoms with E-state index in [0.717, 1.165) is 11.4 Å². The van der Waals surface area contributed by atoms with Crippen LogP contribution >= 0.6 is 11.6 Å². The van der Waals surface area contributed by atoms with Crippen LogP contribution in [-0.2, 0) is 6.42 Å². The molecule has 1 aromatic carbocycles. The molecule has 2 unspecified atom stereocenters. The van der Waals surface area contributed by atoms with Crippen molar-refractivity contribution in [1.29, 1.82) is 0 Å². The van der Waals surface area contributed by atoms with E-state index in [-0.39, 0.29) is 0 Å². The highest BCUT2D eigenvalue weighted by Gasteiger charge is 2.14. The second-order valence-corrected chi connectivity index (χ2v) is 5.53. The number of benzene rings is 1. The molecular weight excluding hydrogens is 230 g/mol. The lowest BCUT2D eigenvalue weighted by atomic mass is 9.99. The minimum Gasteiger partial charge on any atom is -0.311 e. The van der Waals surface area contributed by atoms with Gasteiger partial charge in [-0.2, -0.15) is 0 Å². The molecule has 0 aliphatic carbocycles. The molecule has 1 N–H and O–H groups in total. The van der Waals surface area contributed by atoms with Crippen LogP contribution in [0.2, 0.25) is 5.02 Å². The maximum Gasteiger partial charge on any atom is 0.0438 e. The predicted octanol–water partition coefficient (Wildman–Crippen LogP) is 4.30. The van der Waals surface area contributed by atoms with Crippen molar-refractivity contribution < 1.29 is 0 Å². The normalized spacial score (nSPS) is 14.9. The molecule has 0 spiro atoms. The Balaban J connectivity index is 2.55. The Bertz CT molecular complexity index is 335. The summed E-state index contributed by atoms with van der Waals surface area (Å²) in [6.45, 7) is 9.00. The zero-order valence-corrected chi connectivity index (χ0v) is 12.1. The molecule has 0 heterocycles. The molecule has 0 aliphatic heterocycles. The first-order valence-corrected chi connectivity index (χ1v) is 6.91. The number of hydrogen-bond acceptors (Lipinski definition) is 1. The van der Waals surface area contributed by atoms with E-state index < -0.39 is 0 Å². The van der Waals surface area contributed by atoms with Crippen LogP contribution in [-0.4, -0.2) is 12.1 Å². The second-order valence-electron chi connectivity index (χ2n) is 5.12. The molecule has 0 radical (unpaired) electrons. The van der Waals surface area contributed by atoms with Crippen LogP contribution in [0, 0.1) is 5.92 Å². The maximum absolute atomic E-state index is 6.17. The highest BCUT2D eigenvalue weighted by molar-refractivity contribution is 6.31. The molecule has 0 saturated heterocycles. The fourth-order valence-electron chi connectivity index (χ4n) is 2.20. The van der Waals surface area contributed by atoms with Gasteiger partial charge in [0.2, 0.25) is 0 Å². The Kier molecular flexibility index (Phi) is 6.01. The Morgan fingerprint density at radius 1 is 1.18 bits per heavy atom. The van der Waals surface area contributed by atoms with E-state index in [2.05, 4.69) is 39.1 Å². The Morgan fingerprint density at radius 2 is 1.82 bits per heavy atom. The molecule has 17 heavy (non-hydrogen) atoms. The third-order valence-corrected chi connectivity index (χ3v) is 3.60. The van der Waals surface area contributed by atoms with Gasteiger partial charge in [0.1, 0.15) is 0 Å². The number of rotatable bonds is 6. The van der Waals surface area contributed by atoms with Crippen LogP contribution < -0.4 is 5.32 Å². The molecule has 0 saturated carbocycles. The fraction of sp³-hybridized carbons (Fsp3) is 0.600. The van der Waals surface area contributed by atoms with Gasteiger partial charge >= 0.3 is 0 Å². The first-order valence-electron chi connectivity index (χ1n) is 6.54. The summed E-state index contributed by atoms with van der Waals surface area (Å²) in [6, 6.07) is 9.15. The lowest BCUT2D eigenvalue weighted by Gasteiger charge is -2.25. The number of hydrogen-bond donors (Lipinski definition) is 1. The quantitative estimate of drug-likeness (QED) is 0.797. The van der Waals surface area contributed by atoms with Gasteiger partial charge in [-0.3, -0.25) is 0 Å². The van der Waals surface area contributed by atoms with Crippen molar-refractivity contribution in [3.05, 3.63) is 34.9 Å². The van der Waals surface area contributed by atoms with Gasteiger partial charge in [-0.05, 0) is 37.3 Å². The molecule has 0 amide bonds. The third-order valence-electron chi connectivity index (χ3n) is 3.23. The summed E-state index contributed by atoms with van der Waals surface area (Å²) in [4.78, 5) is 0. The zero-order chi connectivity index (χ0) is 12.8. The summed E-state index contributed by atoms with van der Waals surface area (Å²) in [5, 5.41) is 4.56. The van der Waals surface area contributed by atoms with Gasteiger partial charge in [-0.25, -0.2) is 0 Å². The van der Waals surface area contributed by atoms with Crippen LogP contribution in [0.15, 0.2) is 24.3 Å². The molecule has 1 rings (SSSR count). The molecule has 2 atom stereocenters. The van der Waals surface area contributed by atoms with Gasteiger partial charge in [-0.1, -0.05) is 50.6 Å². The summed E-state index contributed by atoms with van der Waals surface area (Å²) in [7, 11) is 0. The Labute approximate surface area is 111 Å². The van der Waals surface area contributed by atoms with Crippen molar-refractivity contribution >= 4 is 11.6 Å². The third kappa shape index (κ3) is 4.69. The highest BCUT2D eigenvalue weighted by Crippen LogP contribution is 2.17. The summed E-state index contributed by atoms with van der Waals surface area (Å²) in [5.41, 5.74) is 1.23. The molecule has 2 heteroatoms. The fourth-order valence-corrected chi connectivity index (χ4v) is 2.41. The number of halogens is 1. The molecule has 0 aliphatic rings. The second kappa shape index (κ2) is 7.03. The van der Waals surface area contributed by atoms with Crippen LogP contribution in [0.1, 0.15) is 39.7 Å². The van der Waals surface area contributed by atoms with Crippen molar-refractivity contribution in [2.24, 2.45) is 5.92 Å². The number of nitrogens with one attached hydrogen (secondary N) is 1. The van der Waals surface area contributed by atoms with Crippen molar-refractivity contribution in [2.75, 3.05) is 0 Å². The lowest BCUT2D eigenvalue weighted by molar-refractivity contribution is 0.351. The van der Waals surface area contributed by atoms with Crippen molar-refractivity contribution in [3.8, 4) is 0 Å². The van der Waals surface area contributed by atoms with E-state index in [9.17, 15) is 0 Å². The van der Waals surface area contributed by atoms with E-state index in [1.807, 2.05) is 18.2 Å². The summed E-state index contributed by atoms with van der Waals surface area (Å²) >= 11 is 6.17. The van der Waals surface area contributed by atoms with Gasteiger partial charge in [0, 0.05) is 17.1 Å². The first kappa shape index (κ1) is 14.5. The Morgan fingerprint density at radius 3 is 2.35 bits per heavy atom. The van der Waals surface area contributed by atoms with Gasteiger partial charge in [0.05, 0.1) is 0 Å². The predicted molar refractivity (Wildman–Crippen MR) is 76.7 cm³/mol. The van der Waals surface area contributed by atoms with Gasteiger partial charge in [-0.15, -0.1) is 0 Å². The van der Waals surface area contributed by atoms with Crippen LogP contribution in [0.25, 0.3) is 0 Å². The summed E-state index contributed by atoms with van der Waals surface area (Å²) < 4.78 is 0. The van der Waals surface area contributed by atoms with E-state index in [0.29, 0.717) is 18.0 Å². The standard InChI is InChI=1S/C15H24ClN/c1-5-15(11(2)3)17-12(4)10-13-8-6-7-9-14(13)16/h6-9,11-12,15,17H,5,10H2,1-4H3. The van der Waals surface area contributed by atoms with Gasteiger partial charge in [0.15, 0.2) is 0 Å². The lowest BCUT2D eigenvalue weighted by Crippen LogP contribution is -2.40. The van der Waals surface area contributed by atoms with Crippen molar-refractivity contribution in [1.82, 2.24) is 5.32 Å². The van der Waals surface area contributed by atoms with Crippen LogP contribution in [0.3, 0.4) is 0 Å². The minimum atomic E-state index is 0.460. The van der Waals surface area contributed by atoms with Crippen LogP contribution in [0.4, 0.5) is 0 Å². The molecule has 0 bridgehead atoms. The topological polar surface area (TPSA) is 12.0 Å². The van der Waals surface area contributed by atoms with Crippen molar-refractivity contribution in [2.45, 2.75) is 52.6 Å². The summed E-state index contributed by atoms with van der Waals surface area (Å²) in [6.07, 6.45) is 2.16. The van der Waals surface area contributed by atoms with E-state index in [4.69, 9.17) is 11.6 Å². The molecule has 1 aromatic rings. The van der Waals surface area contributed by atoms with Crippen LogP contribution in [0.5, 0.6) is 0 Å². The van der Waals surface area contributed by atoms with Gasteiger partial charge in [0.25, 0.3) is 0 Å². The SMILES string of the molecule is CCC(NC(C)Cc1ccccc1Cl)C(C)C. The summed E-state index contributed by atoms with van der Waals surface area (Å²) in [5.74, 6) is 0.675. The Hall–Kier alpha value is -0.530. The highest BCUT2D eigenvalue weighted by atomic mass is 35.5. The molecular formula is C15H24ClN. The largest absolute Gasteiger partial charge is 0.311 e. The molecule has 0 aromatic heterocycles. The first-order chi connectivity index (χ1) is 8.04. The smallest absolute Gasteiger partial charge is 0.0438 e. The maximum atomic E-state index is 6.17. The minimum absolute atomic E-state index is 0.460.